The lowest BCUT2D eigenvalue weighted by molar-refractivity contribution is -0.139. The fourth-order valence-electron chi connectivity index (χ4n) is 4.24. The molecule has 0 fully saturated rings. The second-order valence-corrected chi connectivity index (χ2v) is 9.90. The quantitative estimate of drug-likeness (QED) is 0.377. The van der Waals surface area contributed by atoms with Crippen LogP contribution in [0.2, 0.25) is 0 Å². The number of methoxy groups -OCH3 is 1. The summed E-state index contributed by atoms with van der Waals surface area (Å²) in [6.45, 7) is 7.45. The molecule has 1 atom stereocenters. The van der Waals surface area contributed by atoms with Crippen molar-refractivity contribution in [1.29, 1.82) is 5.26 Å². The van der Waals surface area contributed by atoms with E-state index in [1.807, 2.05) is 26.0 Å². The second-order valence-electron chi connectivity index (χ2n) is 8.90. The number of hydrogen-bond acceptors (Lipinski definition) is 9. The van der Waals surface area contributed by atoms with Crippen molar-refractivity contribution in [2.45, 2.75) is 39.8 Å². The molecule has 1 aliphatic heterocycles. The summed E-state index contributed by atoms with van der Waals surface area (Å²) in [5.41, 5.74) is 1.91. The van der Waals surface area contributed by atoms with Crippen molar-refractivity contribution in [1.82, 2.24) is 4.57 Å². The van der Waals surface area contributed by atoms with E-state index in [9.17, 15) is 9.59 Å². The van der Waals surface area contributed by atoms with Gasteiger partial charge in [0.2, 0.25) is 0 Å². The van der Waals surface area contributed by atoms with Crippen LogP contribution in [0.3, 0.4) is 0 Å². The van der Waals surface area contributed by atoms with Crippen LogP contribution < -0.4 is 29.1 Å². The van der Waals surface area contributed by atoms with Crippen LogP contribution in [0.5, 0.6) is 17.2 Å². The third-order valence-corrected chi connectivity index (χ3v) is 6.85. The van der Waals surface area contributed by atoms with Crippen molar-refractivity contribution in [3.8, 4) is 23.3 Å². The van der Waals surface area contributed by atoms with Crippen LogP contribution in [0.25, 0.3) is 6.08 Å². The van der Waals surface area contributed by atoms with Gasteiger partial charge >= 0.3 is 5.97 Å². The van der Waals surface area contributed by atoms with Gasteiger partial charge in [-0.25, -0.2) is 9.79 Å². The summed E-state index contributed by atoms with van der Waals surface area (Å²) in [5.74, 6) is 1.07. The summed E-state index contributed by atoms with van der Waals surface area (Å²) in [6, 6.07) is 13.6. The Bertz CT molecular complexity index is 1630. The molecule has 0 bridgehead atoms. The monoisotopic (exact) mass is 547 g/mol. The largest absolute Gasteiger partial charge is 0.493 e. The number of fused-ring (bicyclic) bond motifs is 1. The maximum atomic E-state index is 13.8. The topological polar surface area (TPSA) is 112 Å². The number of rotatable bonds is 9. The summed E-state index contributed by atoms with van der Waals surface area (Å²) in [5, 5.41) is 8.70. The molecule has 202 valence electrons. The molecule has 0 amide bonds. The van der Waals surface area contributed by atoms with Gasteiger partial charge in [-0.15, -0.1) is 0 Å². The van der Waals surface area contributed by atoms with Crippen molar-refractivity contribution in [3.63, 3.8) is 0 Å². The molecule has 2 heterocycles. The fraction of sp³-hybridized carbons (Fsp3) is 0.310. The van der Waals surface area contributed by atoms with E-state index in [-0.39, 0.29) is 30.5 Å². The van der Waals surface area contributed by atoms with E-state index in [1.165, 1.54) is 15.9 Å². The minimum absolute atomic E-state index is 0.0462. The Hall–Kier alpha value is -4.36. The number of carbonyl (C=O) groups excluding carboxylic acids is 1. The Kier molecular flexibility index (Phi) is 8.52. The zero-order chi connectivity index (χ0) is 28.1. The Morgan fingerprint density at radius 1 is 1.21 bits per heavy atom. The van der Waals surface area contributed by atoms with Gasteiger partial charge in [-0.1, -0.05) is 29.5 Å². The Balaban J connectivity index is 1.87. The van der Waals surface area contributed by atoms with Crippen LogP contribution in [-0.2, 0) is 9.53 Å². The van der Waals surface area contributed by atoms with Crippen molar-refractivity contribution < 1.29 is 23.7 Å². The molecule has 1 aliphatic rings. The predicted octanol–water partition coefficient (Wildman–Crippen LogP) is 3.50. The van der Waals surface area contributed by atoms with E-state index in [2.05, 4.69) is 4.99 Å². The van der Waals surface area contributed by atoms with Crippen LogP contribution in [0.4, 0.5) is 0 Å². The average Bonchev–Trinajstić information content (AvgIpc) is 3.21. The highest BCUT2D eigenvalue weighted by molar-refractivity contribution is 7.07. The molecule has 0 radical (unpaired) electrons. The molecular weight excluding hydrogens is 518 g/mol. The maximum Gasteiger partial charge on any atom is 0.338 e. The summed E-state index contributed by atoms with van der Waals surface area (Å²) in [6.07, 6.45) is 1.70. The molecule has 1 aromatic heterocycles. The number of ether oxygens (including phenoxy) is 4. The number of allylic oxidation sites excluding steroid dienone is 1. The summed E-state index contributed by atoms with van der Waals surface area (Å²) in [7, 11) is 1.54. The number of thiazole rings is 1. The number of nitrogens with zero attached hydrogens (tertiary/aromatic N) is 3. The van der Waals surface area contributed by atoms with Gasteiger partial charge in [-0.2, -0.15) is 5.26 Å². The van der Waals surface area contributed by atoms with Gasteiger partial charge in [0.05, 0.1) is 41.7 Å². The van der Waals surface area contributed by atoms with E-state index < -0.39 is 12.0 Å². The van der Waals surface area contributed by atoms with E-state index in [4.69, 9.17) is 24.2 Å². The molecule has 39 heavy (non-hydrogen) atoms. The van der Waals surface area contributed by atoms with Gasteiger partial charge in [-0.3, -0.25) is 9.36 Å². The van der Waals surface area contributed by atoms with E-state index in [0.29, 0.717) is 37.8 Å². The van der Waals surface area contributed by atoms with Gasteiger partial charge in [-0.05, 0) is 69.2 Å². The molecule has 1 unspecified atom stereocenters. The highest BCUT2D eigenvalue weighted by atomic mass is 32.1. The number of esters is 1. The lowest BCUT2D eigenvalue weighted by Crippen LogP contribution is -2.40. The molecule has 9 nitrogen and oxygen atoms in total. The van der Waals surface area contributed by atoms with E-state index >= 15 is 0 Å². The summed E-state index contributed by atoms with van der Waals surface area (Å²) in [4.78, 5) is 32.0. The maximum absolute atomic E-state index is 13.8. The fourth-order valence-corrected chi connectivity index (χ4v) is 5.29. The van der Waals surface area contributed by atoms with Gasteiger partial charge in [0, 0.05) is 0 Å². The third kappa shape index (κ3) is 5.89. The molecule has 0 aliphatic carbocycles. The van der Waals surface area contributed by atoms with Gasteiger partial charge < -0.3 is 18.9 Å². The Morgan fingerprint density at radius 2 is 1.95 bits per heavy atom. The first-order valence-electron chi connectivity index (χ1n) is 12.4. The van der Waals surface area contributed by atoms with Gasteiger partial charge in [0.1, 0.15) is 11.8 Å². The molecule has 4 rings (SSSR count). The molecule has 0 spiro atoms. The summed E-state index contributed by atoms with van der Waals surface area (Å²) >= 11 is 1.24. The first kappa shape index (κ1) is 27.7. The van der Waals surface area contributed by atoms with Crippen LogP contribution in [-0.4, -0.2) is 37.0 Å². The van der Waals surface area contributed by atoms with E-state index in [0.717, 1.165) is 5.56 Å². The standard InChI is InChI=1S/C29H29N3O6S/c1-6-36-28(34)25-18(4)31-29-32(26(25)20-9-12-22(38-17(2)3)23(16-20)35-5)27(33)24(39-29)15-19-7-10-21(11-8-19)37-14-13-30/h7-12,15-17,26H,6,14H2,1-5H3. The minimum Gasteiger partial charge on any atom is -0.493 e. The predicted molar refractivity (Wildman–Crippen MR) is 147 cm³/mol. The van der Waals surface area contributed by atoms with Crippen LogP contribution in [0.15, 0.2) is 63.5 Å². The zero-order valence-corrected chi connectivity index (χ0v) is 23.2. The van der Waals surface area contributed by atoms with Gasteiger partial charge in [0.15, 0.2) is 22.9 Å². The molecule has 0 N–H and O–H groups in total. The lowest BCUT2D eigenvalue weighted by atomic mass is 9.95. The number of aromatic nitrogens is 1. The number of nitriles is 1. The first-order chi connectivity index (χ1) is 18.8. The smallest absolute Gasteiger partial charge is 0.338 e. The highest BCUT2D eigenvalue weighted by Crippen LogP contribution is 2.36. The lowest BCUT2D eigenvalue weighted by Gasteiger charge is -2.25. The van der Waals surface area contributed by atoms with E-state index in [1.54, 1.807) is 63.4 Å². The van der Waals surface area contributed by atoms with Crippen molar-refractivity contribution in [2.24, 2.45) is 4.99 Å². The van der Waals surface area contributed by atoms with Crippen LogP contribution in [0.1, 0.15) is 44.9 Å². The molecule has 3 aromatic rings. The SMILES string of the molecule is CCOC(=O)C1=C(C)N=c2sc(=Cc3ccc(OCC#N)cc3)c(=O)n2C1c1ccc(OC(C)C)c(OC)c1. The molecule has 2 aromatic carbocycles. The normalized spacial score (nSPS) is 14.9. The summed E-state index contributed by atoms with van der Waals surface area (Å²) < 4.78 is 24.1. The van der Waals surface area contributed by atoms with Crippen LogP contribution >= 0.6 is 11.3 Å². The number of hydrogen-bond donors (Lipinski definition) is 0. The Labute approximate surface area is 229 Å². The van der Waals surface area contributed by atoms with Crippen molar-refractivity contribution >= 4 is 23.4 Å². The van der Waals surface area contributed by atoms with Crippen LogP contribution in [0, 0.1) is 11.3 Å². The zero-order valence-electron chi connectivity index (χ0n) is 22.4. The van der Waals surface area contributed by atoms with Crippen molar-refractivity contribution in [2.75, 3.05) is 20.3 Å². The highest BCUT2D eigenvalue weighted by Gasteiger charge is 2.34. The molecule has 0 saturated heterocycles. The molecular formula is C29H29N3O6S. The number of benzene rings is 2. The third-order valence-electron chi connectivity index (χ3n) is 5.86. The van der Waals surface area contributed by atoms with Crippen molar-refractivity contribution in [3.05, 3.63) is 84.5 Å². The first-order valence-corrected chi connectivity index (χ1v) is 13.2. The molecule has 10 heteroatoms. The average molecular weight is 548 g/mol. The second kappa shape index (κ2) is 12.0. The Morgan fingerprint density at radius 3 is 2.59 bits per heavy atom. The molecule has 0 saturated carbocycles. The number of carbonyl (C=O) groups is 1. The minimum atomic E-state index is -0.772. The van der Waals surface area contributed by atoms with Gasteiger partial charge in [0.25, 0.3) is 5.56 Å².